The molecule has 11 heteroatoms. The zero-order chi connectivity index (χ0) is 28.3. The van der Waals surface area contributed by atoms with Gasteiger partial charge in [-0.25, -0.2) is 23.1 Å². The van der Waals surface area contributed by atoms with E-state index in [1.54, 1.807) is 6.07 Å². The fourth-order valence-corrected chi connectivity index (χ4v) is 5.12. The normalized spacial score (nSPS) is 11.2. The first-order valence-corrected chi connectivity index (χ1v) is 13.6. The maximum Gasteiger partial charge on any atom is 0.270 e. The summed E-state index contributed by atoms with van der Waals surface area (Å²) in [5, 5.41) is 0. The highest BCUT2D eigenvalue weighted by Crippen LogP contribution is 2.33. The van der Waals surface area contributed by atoms with Gasteiger partial charge >= 0.3 is 0 Å². The van der Waals surface area contributed by atoms with Crippen molar-refractivity contribution in [3.8, 4) is 28.9 Å². The van der Waals surface area contributed by atoms with Crippen molar-refractivity contribution in [2.45, 2.75) is 39.5 Å². The van der Waals surface area contributed by atoms with Gasteiger partial charge in [-0.05, 0) is 81.6 Å². The number of nitrogens with one attached hydrogen (secondary N) is 2. The van der Waals surface area contributed by atoms with Crippen molar-refractivity contribution in [3.63, 3.8) is 0 Å². The van der Waals surface area contributed by atoms with Crippen molar-refractivity contribution >= 4 is 15.9 Å². The van der Waals surface area contributed by atoms with Crippen LogP contribution >= 0.6 is 0 Å². The summed E-state index contributed by atoms with van der Waals surface area (Å²) in [6.07, 6.45) is 1.29. The minimum absolute atomic E-state index is 0.126. The molecule has 0 aliphatic carbocycles. The number of hydrogen-bond donors (Lipinski definition) is 2. The van der Waals surface area contributed by atoms with E-state index in [9.17, 15) is 18.0 Å². The van der Waals surface area contributed by atoms with Crippen LogP contribution in [-0.4, -0.2) is 35.9 Å². The summed E-state index contributed by atoms with van der Waals surface area (Å²) in [7, 11) is -4.49. The summed E-state index contributed by atoms with van der Waals surface area (Å²) in [5.41, 5.74) is 3.40. The summed E-state index contributed by atoms with van der Waals surface area (Å²) in [6.45, 7) is 9.86. The van der Waals surface area contributed by atoms with Gasteiger partial charge in [-0.15, -0.1) is 0 Å². The van der Waals surface area contributed by atoms with Gasteiger partial charge in [0, 0.05) is 12.3 Å². The lowest BCUT2D eigenvalue weighted by Crippen LogP contribution is -2.34. The third-order valence-corrected chi connectivity index (χ3v) is 7.06. The Bertz CT molecular complexity index is 1710. The molecule has 0 radical (unpaired) electrons. The zero-order valence-electron chi connectivity index (χ0n) is 22.2. The molecule has 3 aromatic heterocycles. The lowest BCUT2D eigenvalue weighted by Gasteiger charge is -2.16. The first-order chi connectivity index (χ1) is 18.5. The van der Waals surface area contributed by atoms with E-state index in [1.807, 2.05) is 57.5 Å². The van der Waals surface area contributed by atoms with E-state index in [1.165, 1.54) is 24.4 Å². The van der Waals surface area contributed by atoms with Crippen LogP contribution in [0, 0.1) is 27.7 Å². The molecule has 0 spiro atoms. The molecule has 0 saturated heterocycles. The van der Waals surface area contributed by atoms with Gasteiger partial charge in [-0.3, -0.25) is 9.59 Å². The largest absolute Gasteiger partial charge is 0.478 e. The molecule has 39 heavy (non-hydrogen) atoms. The highest BCUT2D eigenvalue weighted by molar-refractivity contribution is 7.90. The van der Waals surface area contributed by atoms with Crippen LogP contribution in [0.4, 0.5) is 0 Å². The molecule has 0 aliphatic rings. The average molecular weight is 549 g/mol. The number of aryl methyl sites for hydroxylation is 4. The Morgan fingerprint density at radius 2 is 1.64 bits per heavy atom. The van der Waals surface area contributed by atoms with Crippen molar-refractivity contribution in [1.82, 2.24) is 19.7 Å². The number of pyridine rings is 3. The Balaban J connectivity index is 1.81. The van der Waals surface area contributed by atoms with Crippen molar-refractivity contribution < 1.29 is 22.7 Å². The minimum atomic E-state index is -4.49. The van der Waals surface area contributed by atoms with Gasteiger partial charge in [-0.2, -0.15) is 0 Å². The van der Waals surface area contributed by atoms with E-state index in [0.29, 0.717) is 29.6 Å². The van der Waals surface area contributed by atoms with Crippen LogP contribution in [0.25, 0.3) is 11.4 Å². The van der Waals surface area contributed by atoms with E-state index in [0.717, 1.165) is 28.3 Å². The SMILES string of the molecule is CCOc1cc(C)cc(-c2ccc(C(=O)NS(=O)(=O)c3ccc[nH]c3=O)c(Oc3c(C)cc(C)cc3C)n2)n1. The van der Waals surface area contributed by atoms with Crippen LogP contribution in [0.1, 0.15) is 39.5 Å². The number of sulfonamides is 1. The first-order valence-electron chi connectivity index (χ1n) is 12.1. The quantitative estimate of drug-likeness (QED) is 0.331. The predicted molar refractivity (Wildman–Crippen MR) is 146 cm³/mol. The van der Waals surface area contributed by atoms with Gasteiger partial charge in [0.25, 0.3) is 21.5 Å². The lowest BCUT2D eigenvalue weighted by molar-refractivity contribution is 0.0978. The molecule has 2 N–H and O–H groups in total. The Morgan fingerprint density at radius 1 is 0.949 bits per heavy atom. The van der Waals surface area contributed by atoms with E-state index in [-0.39, 0.29) is 11.4 Å². The molecule has 0 atom stereocenters. The zero-order valence-corrected chi connectivity index (χ0v) is 23.0. The molecular weight excluding hydrogens is 520 g/mol. The fraction of sp³-hybridized carbons (Fsp3) is 0.214. The Hall–Kier alpha value is -4.51. The molecule has 3 heterocycles. The summed E-state index contributed by atoms with van der Waals surface area (Å²) in [5.74, 6) is -0.239. The highest BCUT2D eigenvalue weighted by atomic mass is 32.2. The van der Waals surface area contributed by atoms with E-state index >= 15 is 0 Å². The highest BCUT2D eigenvalue weighted by Gasteiger charge is 2.25. The number of amides is 1. The third kappa shape index (κ3) is 6.15. The Morgan fingerprint density at radius 3 is 2.31 bits per heavy atom. The summed E-state index contributed by atoms with van der Waals surface area (Å²) < 4.78 is 39.4. The van der Waals surface area contributed by atoms with Gasteiger partial charge < -0.3 is 14.5 Å². The predicted octanol–water partition coefficient (Wildman–Crippen LogP) is 4.38. The Labute approximate surface area is 226 Å². The van der Waals surface area contributed by atoms with Crippen molar-refractivity contribution in [2.24, 2.45) is 0 Å². The molecule has 1 aromatic carbocycles. The summed E-state index contributed by atoms with van der Waals surface area (Å²) >= 11 is 0. The average Bonchev–Trinajstić information content (AvgIpc) is 2.85. The van der Waals surface area contributed by atoms with Crippen LogP contribution in [-0.2, 0) is 10.0 Å². The number of hydrogen-bond acceptors (Lipinski definition) is 8. The molecule has 4 aromatic rings. The van der Waals surface area contributed by atoms with Crippen molar-refractivity contribution in [3.05, 3.63) is 92.9 Å². The second-order valence-corrected chi connectivity index (χ2v) is 10.6. The molecule has 0 unspecified atom stereocenters. The van der Waals surface area contributed by atoms with Gasteiger partial charge in [0.1, 0.15) is 11.3 Å². The second-order valence-electron chi connectivity index (χ2n) is 8.98. The number of ether oxygens (including phenoxy) is 2. The van der Waals surface area contributed by atoms with Crippen LogP contribution in [0.2, 0.25) is 0 Å². The number of nitrogens with zero attached hydrogens (tertiary/aromatic N) is 2. The molecule has 1 amide bonds. The smallest absolute Gasteiger partial charge is 0.270 e. The van der Waals surface area contributed by atoms with E-state index in [4.69, 9.17) is 9.47 Å². The van der Waals surface area contributed by atoms with Crippen LogP contribution in [0.5, 0.6) is 17.5 Å². The first kappa shape index (κ1) is 27.5. The standard InChI is InChI=1S/C28H28N4O6S/c1-6-37-24-15-17(3)14-22(30-24)21-10-9-20(26(33)32-39(35,36)23-8-7-11-29-27(23)34)28(31-21)38-25-18(4)12-16(2)13-19(25)5/h7-15H,6H2,1-5H3,(H,29,34)(H,32,33). The van der Waals surface area contributed by atoms with Crippen molar-refractivity contribution in [1.29, 1.82) is 0 Å². The number of benzene rings is 1. The van der Waals surface area contributed by atoms with Crippen molar-refractivity contribution in [2.75, 3.05) is 6.61 Å². The molecule has 0 aliphatic heterocycles. The van der Waals surface area contributed by atoms with Crippen LogP contribution in [0.3, 0.4) is 0 Å². The molecule has 0 saturated carbocycles. The molecule has 0 fully saturated rings. The molecular formula is C28H28N4O6S. The summed E-state index contributed by atoms with van der Waals surface area (Å²) in [4.78, 5) is 36.1. The molecule has 0 bridgehead atoms. The van der Waals surface area contributed by atoms with Gasteiger partial charge in [0.05, 0.1) is 18.0 Å². The monoisotopic (exact) mass is 548 g/mol. The Kier molecular flexibility index (Phi) is 7.82. The second kappa shape index (κ2) is 11.1. The number of carbonyl (C=O) groups excluding carboxylic acids is 1. The van der Waals surface area contributed by atoms with Crippen LogP contribution in [0.15, 0.2) is 64.4 Å². The number of H-pyrrole nitrogens is 1. The number of rotatable bonds is 8. The third-order valence-electron chi connectivity index (χ3n) is 5.71. The molecule has 202 valence electrons. The van der Waals surface area contributed by atoms with Gasteiger partial charge in [-0.1, -0.05) is 17.7 Å². The fourth-order valence-electron chi connectivity index (χ4n) is 4.10. The number of aromatic nitrogens is 3. The van der Waals surface area contributed by atoms with Crippen LogP contribution < -0.4 is 19.8 Å². The minimum Gasteiger partial charge on any atom is -0.478 e. The number of aromatic amines is 1. The maximum absolute atomic E-state index is 13.3. The maximum atomic E-state index is 13.3. The number of carbonyl (C=O) groups is 1. The molecule has 4 rings (SSSR count). The van der Waals surface area contributed by atoms with Gasteiger partial charge in [0.2, 0.25) is 11.8 Å². The van der Waals surface area contributed by atoms with E-state index < -0.39 is 26.4 Å². The van der Waals surface area contributed by atoms with Gasteiger partial charge in [0.15, 0.2) is 4.90 Å². The lowest BCUT2D eigenvalue weighted by atomic mass is 10.1. The topological polar surface area (TPSA) is 140 Å². The molecule has 10 nitrogen and oxygen atoms in total. The van der Waals surface area contributed by atoms with E-state index in [2.05, 4.69) is 15.0 Å². The summed E-state index contributed by atoms with van der Waals surface area (Å²) in [6, 6.07) is 12.8.